The number of nitrogens with two attached hydrogens (primary N) is 1. The highest BCUT2D eigenvalue weighted by atomic mass is 35.5. The Labute approximate surface area is 148 Å². The van der Waals surface area contributed by atoms with Crippen molar-refractivity contribution >= 4 is 34.5 Å². The highest BCUT2D eigenvalue weighted by Gasteiger charge is 2.10. The first-order chi connectivity index (χ1) is 11.2. The van der Waals surface area contributed by atoms with E-state index in [1.165, 1.54) is 0 Å². The molecule has 0 bridgehead atoms. The zero-order chi connectivity index (χ0) is 16.2. The van der Waals surface area contributed by atoms with Crippen LogP contribution in [0.2, 0.25) is 10.0 Å². The maximum absolute atomic E-state index is 6.03. The third-order valence-corrected chi connectivity index (χ3v) is 4.83. The van der Waals surface area contributed by atoms with Crippen LogP contribution >= 0.6 is 34.5 Å². The summed E-state index contributed by atoms with van der Waals surface area (Å²) in [6, 6.07) is 11.2. The molecule has 6 heteroatoms. The highest BCUT2D eigenvalue weighted by Crippen LogP contribution is 2.33. The van der Waals surface area contributed by atoms with Crippen LogP contribution in [0.25, 0.3) is 10.6 Å². The largest absolute Gasteiger partial charge is 0.457 e. The lowest BCUT2D eigenvalue weighted by atomic mass is 10.1. The number of nitrogens with zero attached hydrogens (tertiary/aromatic N) is 1. The third-order valence-electron chi connectivity index (χ3n) is 3.27. The number of thiazole rings is 1. The van der Waals surface area contributed by atoms with Gasteiger partial charge in [0.05, 0.1) is 10.0 Å². The molecule has 1 aromatic heterocycles. The summed E-state index contributed by atoms with van der Waals surface area (Å²) in [5.41, 5.74) is 7.82. The Hall–Kier alpha value is -1.59. The van der Waals surface area contributed by atoms with Gasteiger partial charge in [-0.05, 0) is 48.9 Å². The van der Waals surface area contributed by atoms with Gasteiger partial charge in [0.2, 0.25) is 0 Å². The summed E-state index contributed by atoms with van der Waals surface area (Å²) in [6.45, 7) is 0.541. The normalized spacial score (nSPS) is 10.7. The molecule has 3 nitrogen and oxygen atoms in total. The first kappa shape index (κ1) is 16.3. The Balaban J connectivity index is 1.93. The number of benzene rings is 2. The van der Waals surface area contributed by atoms with Gasteiger partial charge in [0.15, 0.2) is 0 Å². The molecule has 0 radical (unpaired) electrons. The van der Waals surface area contributed by atoms with Crippen LogP contribution in [0.3, 0.4) is 0 Å². The number of ether oxygens (including phenoxy) is 1. The number of halogens is 2. The average Bonchev–Trinajstić information content (AvgIpc) is 3.07. The molecule has 0 amide bonds. The Morgan fingerprint density at radius 1 is 1.09 bits per heavy atom. The van der Waals surface area contributed by atoms with Crippen molar-refractivity contribution in [3.8, 4) is 22.1 Å². The quantitative estimate of drug-likeness (QED) is 0.658. The number of hydrogen-bond donors (Lipinski definition) is 1. The first-order valence-electron chi connectivity index (χ1n) is 7.03. The summed E-state index contributed by atoms with van der Waals surface area (Å²) in [4.78, 5) is 4.34. The van der Waals surface area contributed by atoms with E-state index in [0.29, 0.717) is 22.3 Å². The molecule has 0 saturated carbocycles. The molecule has 3 aromatic rings. The minimum absolute atomic E-state index is 0.462. The van der Waals surface area contributed by atoms with Gasteiger partial charge < -0.3 is 10.5 Å². The maximum atomic E-state index is 6.03. The van der Waals surface area contributed by atoms with E-state index in [9.17, 15) is 0 Å². The third kappa shape index (κ3) is 3.85. The molecule has 0 fully saturated rings. The number of rotatable bonds is 5. The fourth-order valence-electron chi connectivity index (χ4n) is 2.20. The van der Waals surface area contributed by atoms with Crippen molar-refractivity contribution in [1.29, 1.82) is 0 Å². The SMILES string of the molecule is NCCc1cc(-c2nccs2)ccc1Oc1ccc(Cl)c(Cl)c1. The summed E-state index contributed by atoms with van der Waals surface area (Å²) in [5, 5.41) is 3.89. The average molecular weight is 365 g/mol. The molecular formula is C17H14Cl2N2OS. The number of aromatic nitrogens is 1. The summed E-state index contributed by atoms with van der Waals surface area (Å²) < 4.78 is 5.95. The molecule has 0 aliphatic rings. The van der Waals surface area contributed by atoms with Gasteiger partial charge in [0, 0.05) is 23.2 Å². The molecule has 3 rings (SSSR count). The van der Waals surface area contributed by atoms with Crippen molar-refractivity contribution in [2.24, 2.45) is 5.73 Å². The van der Waals surface area contributed by atoms with Crippen molar-refractivity contribution in [3.05, 3.63) is 63.6 Å². The Bertz CT molecular complexity index is 806. The van der Waals surface area contributed by atoms with Crippen molar-refractivity contribution in [2.45, 2.75) is 6.42 Å². The van der Waals surface area contributed by atoms with E-state index < -0.39 is 0 Å². The van der Waals surface area contributed by atoms with Crippen LogP contribution in [0.15, 0.2) is 48.0 Å². The minimum Gasteiger partial charge on any atom is -0.457 e. The molecule has 0 unspecified atom stereocenters. The van der Waals surface area contributed by atoms with E-state index in [0.717, 1.165) is 28.3 Å². The molecule has 2 aromatic carbocycles. The highest BCUT2D eigenvalue weighted by molar-refractivity contribution is 7.13. The van der Waals surface area contributed by atoms with Crippen LogP contribution in [0.4, 0.5) is 0 Å². The summed E-state index contributed by atoms with van der Waals surface area (Å²) >= 11 is 13.6. The smallest absolute Gasteiger partial charge is 0.130 e. The van der Waals surface area contributed by atoms with Gasteiger partial charge in [-0.1, -0.05) is 23.2 Å². The molecule has 118 valence electrons. The van der Waals surface area contributed by atoms with Gasteiger partial charge >= 0.3 is 0 Å². The summed E-state index contributed by atoms with van der Waals surface area (Å²) in [6.07, 6.45) is 2.51. The topological polar surface area (TPSA) is 48.1 Å². The van der Waals surface area contributed by atoms with Gasteiger partial charge in [0.25, 0.3) is 0 Å². The van der Waals surface area contributed by atoms with Crippen molar-refractivity contribution in [3.63, 3.8) is 0 Å². The molecule has 0 aliphatic heterocycles. The molecule has 0 spiro atoms. The zero-order valence-electron chi connectivity index (χ0n) is 12.1. The molecule has 0 saturated heterocycles. The lowest BCUT2D eigenvalue weighted by molar-refractivity contribution is 0.476. The Morgan fingerprint density at radius 2 is 1.96 bits per heavy atom. The minimum atomic E-state index is 0.462. The molecule has 1 heterocycles. The van der Waals surface area contributed by atoms with Crippen LogP contribution in [-0.4, -0.2) is 11.5 Å². The first-order valence-corrected chi connectivity index (χ1v) is 8.66. The standard InChI is InChI=1S/C17H14Cl2N2OS/c18-14-3-2-13(10-15(14)19)22-16-4-1-12(9-11(16)5-6-20)17-21-7-8-23-17/h1-4,7-10H,5-6,20H2. The van der Waals surface area contributed by atoms with Crippen molar-refractivity contribution in [2.75, 3.05) is 6.54 Å². The Morgan fingerprint density at radius 3 is 2.65 bits per heavy atom. The zero-order valence-corrected chi connectivity index (χ0v) is 14.5. The van der Waals surface area contributed by atoms with E-state index in [4.69, 9.17) is 33.7 Å². The second-order valence-corrected chi connectivity index (χ2v) is 6.59. The lowest BCUT2D eigenvalue weighted by Gasteiger charge is -2.12. The van der Waals surface area contributed by atoms with Gasteiger partial charge in [-0.3, -0.25) is 0 Å². The summed E-state index contributed by atoms with van der Waals surface area (Å²) in [7, 11) is 0. The van der Waals surface area contributed by atoms with Crippen molar-refractivity contribution in [1.82, 2.24) is 4.98 Å². The van der Waals surface area contributed by atoms with Crippen molar-refractivity contribution < 1.29 is 4.74 Å². The second-order valence-electron chi connectivity index (χ2n) is 4.88. The maximum Gasteiger partial charge on any atom is 0.130 e. The van der Waals surface area contributed by atoms with Gasteiger partial charge in [-0.25, -0.2) is 4.98 Å². The van der Waals surface area contributed by atoms with E-state index >= 15 is 0 Å². The molecule has 2 N–H and O–H groups in total. The van der Waals surface area contributed by atoms with Gasteiger partial charge in [0.1, 0.15) is 16.5 Å². The van der Waals surface area contributed by atoms with Gasteiger partial charge in [-0.2, -0.15) is 0 Å². The van der Waals surface area contributed by atoms with E-state index in [1.807, 2.05) is 17.5 Å². The van der Waals surface area contributed by atoms with E-state index in [-0.39, 0.29) is 0 Å². The summed E-state index contributed by atoms with van der Waals surface area (Å²) in [5.74, 6) is 1.40. The monoisotopic (exact) mass is 364 g/mol. The molecule has 0 aliphatic carbocycles. The Kier molecular flexibility index (Phi) is 5.18. The van der Waals surface area contributed by atoms with Crippen LogP contribution in [-0.2, 0) is 6.42 Å². The predicted octanol–water partition coefficient (Wildman–Crippen LogP) is 5.41. The van der Waals surface area contributed by atoms with Crippen LogP contribution in [0, 0.1) is 0 Å². The van der Waals surface area contributed by atoms with Gasteiger partial charge in [-0.15, -0.1) is 11.3 Å². The fourth-order valence-corrected chi connectivity index (χ4v) is 3.12. The van der Waals surface area contributed by atoms with Crippen LogP contribution in [0.1, 0.15) is 5.56 Å². The second kappa shape index (κ2) is 7.32. The van der Waals surface area contributed by atoms with Crippen LogP contribution in [0.5, 0.6) is 11.5 Å². The molecule has 0 atom stereocenters. The number of hydrogen-bond acceptors (Lipinski definition) is 4. The molecular weight excluding hydrogens is 351 g/mol. The molecule has 23 heavy (non-hydrogen) atoms. The lowest BCUT2D eigenvalue weighted by Crippen LogP contribution is -2.04. The van der Waals surface area contributed by atoms with E-state index in [1.54, 1.807) is 35.7 Å². The van der Waals surface area contributed by atoms with Crippen LogP contribution < -0.4 is 10.5 Å². The predicted molar refractivity (Wildman–Crippen MR) is 96.8 cm³/mol. The van der Waals surface area contributed by atoms with E-state index in [2.05, 4.69) is 11.1 Å². The fraction of sp³-hybridized carbons (Fsp3) is 0.118.